The first-order valence-corrected chi connectivity index (χ1v) is 7.39. The Labute approximate surface area is 129 Å². The zero-order chi connectivity index (χ0) is 14.9. The number of ether oxygens (including phenoxy) is 1. The number of fused-ring (bicyclic) bond motifs is 3. The molecule has 2 aromatic rings. The second-order valence-electron chi connectivity index (χ2n) is 5.55. The molecule has 0 atom stereocenters. The van der Waals surface area contributed by atoms with Crippen LogP contribution in [0.15, 0.2) is 42.5 Å². The molecule has 0 saturated heterocycles. The number of nitrogens with one attached hydrogen (secondary N) is 1. The molecular weight excluding hydrogens is 286 g/mol. The molecule has 0 aromatic heterocycles. The van der Waals surface area contributed by atoms with Gasteiger partial charge in [0.25, 0.3) is 0 Å². The molecule has 0 saturated carbocycles. The Balaban J connectivity index is 0.000000140. The van der Waals surface area contributed by atoms with E-state index in [-0.39, 0.29) is 0 Å². The molecule has 4 heteroatoms. The van der Waals surface area contributed by atoms with E-state index in [9.17, 15) is 5.11 Å². The van der Waals surface area contributed by atoms with Crippen molar-refractivity contribution in [3.05, 3.63) is 58.6 Å². The minimum Gasteiger partial charge on any atom is -0.454 e. The average molecular weight is 304 g/mol. The number of aliphatic hydroxyl groups is 1. The highest BCUT2D eigenvalue weighted by molar-refractivity contribution is 6.34. The Bertz CT molecular complexity index is 612. The van der Waals surface area contributed by atoms with Gasteiger partial charge in [0.1, 0.15) is 16.5 Å². The lowest BCUT2D eigenvalue weighted by Crippen LogP contribution is -2.39. The van der Waals surface area contributed by atoms with Crippen molar-refractivity contribution in [3.63, 3.8) is 0 Å². The predicted molar refractivity (Wildman–Crippen MR) is 84.3 cm³/mol. The van der Waals surface area contributed by atoms with Crippen LogP contribution in [0.3, 0.4) is 0 Å². The number of halogens is 1. The van der Waals surface area contributed by atoms with E-state index in [1.165, 1.54) is 11.1 Å². The maximum atomic E-state index is 10.2. The molecule has 21 heavy (non-hydrogen) atoms. The standard InChI is InChI=1S/C11H15NO.C6H3ClO/c1-12-8-11(13)6-9-4-2-3-5-10(9)7-11;7-6-4-2-1-3-5(6)8-4/h2-5,12-13H,6-8H2,1H3;1-3H. The van der Waals surface area contributed by atoms with E-state index >= 15 is 0 Å². The molecule has 2 N–H and O–H groups in total. The van der Waals surface area contributed by atoms with Gasteiger partial charge < -0.3 is 15.2 Å². The molecule has 3 aliphatic rings. The van der Waals surface area contributed by atoms with E-state index in [2.05, 4.69) is 17.4 Å². The summed E-state index contributed by atoms with van der Waals surface area (Å²) in [5.74, 6) is 1.59. The van der Waals surface area contributed by atoms with Gasteiger partial charge in [0.2, 0.25) is 0 Å². The van der Waals surface area contributed by atoms with Gasteiger partial charge in [0.15, 0.2) is 0 Å². The number of benzene rings is 2. The van der Waals surface area contributed by atoms with Gasteiger partial charge in [-0.3, -0.25) is 0 Å². The van der Waals surface area contributed by atoms with Crippen LogP contribution >= 0.6 is 11.6 Å². The summed E-state index contributed by atoms with van der Waals surface area (Å²) in [6.45, 7) is 0.668. The summed E-state index contributed by atoms with van der Waals surface area (Å²) < 4.78 is 5.01. The first-order chi connectivity index (χ1) is 10.1. The molecule has 3 nitrogen and oxygen atoms in total. The third-order valence-corrected chi connectivity index (χ3v) is 4.18. The van der Waals surface area contributed by atoms with Crippen molar-refractivity contribution in [3.8, 4) is 11.5 Å². The summed E-state index contributed by atoms with van der Waals surface area (Å²) in [5, 5.41) is 13.9. The summed E-state index contributed by atoms with van der Waals surface area (Å²) in [6, 6.07) is 13.9. The monoisotopic (exact) mass is 303 g/mol. The minimum atomic E-state index is -0.557. The summed E-state index contributed by atoms with van der Waals surface area (Å²) in [5.41, 5.74) is 2.03. The highest BCUT2D eigenvalue weighted by atomic mass is 35.5. The van der Waals surface area contributed by atoms with Gasteiger partial charge in [-0.1, -0.05) is 41.9 Å². The third-order valence-electron chi connectivity index (χ3n) is 3.81. The molecule has 2 aromatic carbocycles. The average Bonchev–Trinajstić information content (AvgIpc) is 2.84. The summed E-state index contributed by atoms with van der Waals surface area (Å²) in [6.07, 6.45) is 1.56. The van der Waals surface area contributed by atoms with E-state index in [1.807, 2.05) is 37.4 Å². The summed E-state index contributed by atoms with van der Waals surface area (Å²) >= 11 is 5.65. The molecule has 2 bridgehead atoms. The van der Waals surface area contributed by atoms with Crippen molar-refractivity contribution < 1.29 is 9.84 Å². The van der Waals surface area contributed by atoms with Gasteiger partial charge in [-0.25, -0.2) is 0 Å². The van der Waals surface area contributed by atoms with Crippen LogP contribution in [-0.2, 0) is 12.8 Å². The van der Waals surface area contributed by atoms with Crippen molar-refractivity contribution in [2.45, 2.75) is 18.4 Å². The van der Waals surface area contributed by atoms with E-state index in [0.717, 1.165) is 29.4 Å². The van der Waals surface area contributed by atoms with Gasteiger partial charge in [0.05, 0.1) is 5.60 Å². The summed E-state index contributed by atoms with van der Waals surface area (Å²) in [4.78, 5) is 0. The lowest BCUT2D eigenvalue weighted by Gasteiger charge is -2.21. The first kappa shape index (κ1) is 14.4. The van der Waals surface area contributed by atoms with Crippen LogP contribution in [0.4, 0.5) is 0 Å². The SMILES string of the molecule is CNCC1(O)Cc2ccccc2C1.Clc1c2cccc1O2. The van der Waals surface area contributed by atoms with Crippen LogP contribution in [0.1, 0.15) is 11.1 Å². The normalized spacial score (nSPS) is 16.1. The molecule has 1 aliphatic carbocycles. The maximum absolute atomic E-state index is 10.2. The topological polar surface area (TPSA) is 41.5 Å². The third kappa shape index (κ3) is 2.91. The minimum absolute atomic E-state index is 0.557. The Morgan fingerprint density at radius 1 is 1.10 bits per heavy atom. The lowest BCUT2D eigenvalue weighted by atomic mass is 10.0. The second-order valence-corrected chi connectivity index (χ2v) is 5.93. The van der Waals surface area contributed by atoms with Crippen LogP contribution in [0.5, 0.6) is 11.5 Å². The van der Waals surface area contributed by atoms with Crippen molar-refractivity contribution in [2.75, 3.05) is 13.6 Å². The highest BCUT2D eigenvalue weighted by Gasteiger charge is 2.33. The largest absolute Gasteiger partial charge is 0.454 e. The van der Waals surface area contributed by atoms with E-state index < -0.39 is 5.60 Å². The van der Waals surface area contributed by atoms with Crippen molar-refractivity contribution in [1.82, 2.24) is 5.32 Å². The Kier molecular flexibility index (Phi) is 3.89. The van der Waals surface area contributed by atoms with E-state index in [4.69, 9.17) is 16.3 Å². The quantitative estimate of drug-likeness (QED) is 0.764. The molecule has 0 spiro atoms. The van der Waals surface area contributed by atoms with Gasteiger partial charge in [0, 0.05) is 19.4 Å². The Hall–Kier alpha value is -1.55. The first-order valence-electron chi connectivity index (χ1n) is 7.01. The Morgan fingerprint density at radius 3 is 2.05 bits per heavy atom. The molecule has 2 heterocycles. The van der Waals surface area contributed by atoms with Crippen molar-refractivity contribution >= 4 is 11.6 Å². The van der Waals surface area contributed by atoms with E-state index in [1.54, 1.807) is 0 Å². The number of rotatable bonds is 2. The zero-order valence-corrected chi connectivity index (χ0v) is 12.7. The fourth-order valence-corrected chi connectivity index (χ4v) is 3.05. The van der Waals surface area contributed by atoms with Gasteiger partial charge in [-0.05, 0) is 30.3 Å². The maximum Gasteiger partial charge on any atom is 0.149 e. The molecule has 0 fully saturated rings. The van der Waals surface area contributed by atoms with Crippen LogP contribution < -0.4 is 10.1 Å². The van der Waals surface area contributed by atoms with Crippen molar-refractivity contribution in [2.24, 2.45) is 0 Å². The number of hydrogen-bond donors (Lipinski definition) is 2. The molecule has 5 rings (SSSR count). The van der Waals surface area contributed by atoms with Crippen molar-refractivity contribution in [1.29, 1.82) is 0 Å². The van der Waals surface area contributed by atoms with Gasteiger partial charge >= 0.3 is 0 Å². The molecule has 0 radical (unpaired) electrons. The predicted octanol–water partition coefficient (Wildman–Crippen LogP) is 3.18. The second kappa shape index (κ2) is 5.68. The molecule has 0 amide bonds. The van der Waals surface area contributed by atoms with Crippen LogP contribution in [-0.4, -0.2) is 24.3 Å². The van der Waals surface area contributed by atoms with Gasteiger partial charge in [-0.2, -0.15) is 0 Å². The Morgan fingerprint density at radius 2 is 1.67 bits per heavy atom. The number of hydrogen-bond acceptors (Lipinski definition) is 3. The molecule has 110 valence electrons. The fourth-order valence-electron chi connectivity index (χ4n) is 2.85. The van der Waals surface area contributed by atoms with Gasteiger partial charge in [-0.15, -0.1) is 0 Å². The number of likely N-dealkylation sites (N-methyl/N-ethyl adjacent to an activating group) is 1. The lowest BCUT2D eigenvalue weighted by molar-refractivity contribution is 0.0534. The smallest absolute Gasteiger partial charge is 0.149 e. The highest BCUT2D eigenvalue weighted by Crippen LogP contribution is 2.45. The molecular formula is C17H18ClNO2. The van der Waals surface area contributed by atoms with Crippen LogP contribution in [0.25, 0.3) is 0 Å². The van der Waals surface area contributed by atoms with Crippen LogP contribution in [0.2, 0.25) is 5.02 Å². The zero-order valence-electron chi connectivity index (χ0n) is 11.9. The summed E-state index contributed by atoms with van der Waals surface area (Å²) in [7, 11) is 1.88. The van der Waals surface area contributed by atoms with E-state index in [0.29, 0.717) is 6.54 Å². The van der Waals surface area contributed by atoms with Crippen LogP contribution in [0, 0.1) is 0 Å². The molecule has 0 unspecified atom stereocenters. The molecule has 2 aliphatic heterocycles. The fraction of sp³-hybridized carbons (Fsp3) is 0.294.